The van der Waals surface area contributed by atoms with Crippen molar-refractivity contribution in [3.8, 4) is 0 Å². The van der Waals surface area contributed by atoms with Crippen molar-refractivity contribution in [3.63, 3.8) is 0 Å². The van der Waals surface area contributed by atoms with E-state index in [1.807, 2.05) is 3.71 Å². The van der Waals surface area contributed by atoms with Gasteiger partial charge in [0.05, 0.1) is 15.9 Å². The van der Waals surface area contributed by atoms with E-state index < -0.39 is 9.85 Å². The first-order chi connectivity index (χ1) is 13.0. The highest BCUT2D eigenvalue weighted by molar-refractivity contribution is 8.18. The number of hydrogen-bond donors (Lipinski definition) is 0. The fraction of sp³-hybridized carbons (Fsp3) is 0.667. The van der Waals surface area contributed by atoms with Gasteiger partial charge in [0.2, 0.25) is 0 Å². The van der Waals surface area contributed by atoms with E-state index in [1.165, 1.54) is 44.6 Å². The largest absolute Gasteiger partial charge is 0.301 e. The fourth-order valence-electron chi connectivity index (χ4n) is 3.68. The Kier molecular flexibility index (Phi) is 7.23. The quantitative estimate of drug-likeness (QED) is 0.296. The third-order valence-electron chi connectivity index (χ3n) is 5.16. The summed E-state index contributed by atoms with van der Waals surface area (Å²) in [4.78, 5) is 21.6. The number of nitrogens with zero attached hydrogens (tertiary/aromatic N) is 3. The Labute approximate surface area is 167 Å². The Morgan fingerprint density at radius 2 is 1.33 bits per heavy atom. The number of hydrogen-bond acceptors (Lipinski definition) is 7. The maximum absolute atomic E-state index is 11.6. The zero-order chi connectivity index (χ0) is 19.2. The molecular formula is C18H25N3O4S2. The second-order valence-electron chi connectivity index (χ2n) is 7.18. The summed E-state index contributed by atoms with van der Waals surface area (Å²) in [6, 6.07) is 4.01. The van der Waals surface area contributed by atoms with E-state index in [4.69, 9.17) is 0 Å². The normalized spacial score (nSPS) is 19.0. The number of nitro benzene ring substituents is 2. The van der Waals surface area contributed by atoms with E-state index in [1.54, 1.807) is 30.0 Å². The fourth-order valence-corrected chi connectivity index (χ4v) is 6.77. The van der Waals surface area contributed by atoms with Crippen LogP contribution in [0.3, 0.4) is 0 Å². The summed E-state index contributed by atoms with van der Waals surface area (Å²) in [5.41, 5.74) is 0.0447. The highest BCUT2D eigenvalue weighted by Crippen LogP contribution is 2.46. The molecule has 3 rings (SSSR count). The molecule has 0 atom stereocenters. The van der Waals surface area contributed by atoms with Gasteiger partial charge in [0, 0.05) is 16.6 Å². The second kappa shape index (κ2) is 9.64. The summed E-state index contributed by atoms with van der Waals surface area (Å²) < 4.78 is 1.99. The van der Waals surface area contributed by atoms with Gasteiger partial charge < -0.3 is 0 Å². The molecule has 0 heterocycles. The third kappa shape index (κ3) is 5.51. The molecule has 148 valence electrons. The van der Waals surface area contributed by atoms with E-state index in [-0.39, 0.29) is 11.4 Å². The highest BCUT2D eigenvalue weighted by Gasteiger charge is 2.29. The van der Waals surface area contributed by atoms with E-state index in [9.17, 15) is 20.2 Å². The number of non-ortho nitro benzene ring substituents is 1. The smallest absolute Gasteiger partial charge is 0.258 e. The Morgan fingerprint density at radius 1 is 0.815 bits per heavy atom. The molecule has 0 aromatic heterocycles. The van der Waals surface area contributed by atoms with Crippen LogP contribution < -0.4 is 3.71 Å². The molecule has 0 saturated heterocycles. The van der Waals surface area contributed by atoms with Crippen LogP contribution in [0.15, 0.2) is 18.2 Å². The van der Waals surface area contributed by atoms with Gasteiger partial charge in [-0.15, -0.1) is 0 Å². The van der Waals surface area contributed by atoms with Gasteiger partial charge in [-0.1, -0.05) is 38.5 Å². The molecule has 2 aliphatic carbocycles. The summed E-state index contributed by atoms with van der Waals surface area (Å²) in [5.74, 6) is 0. The van der Waals surface area contributed by atoms with Gasteiger partial charge in [-0.05, 0) is 55.6 Å². The SMILES string of the molecule is O=[N+]([O-])c1ccc(N(SC2CCCCC2)SC2CCCCC2)c([N+](=O)[O-])c1. The summed E-state index contributed by atoms with van der Waals surface area (Å²) >= 11 is 3.36. The van der Waals surface area contributed by atoms with Crippen molar-refractivity contribution >= 4 is 41.0 Å². The van der Waals surface area contributed by atoms with Crippen LogP contribution in [0.4, 0.5) is 17.1 Å². The van der Waals surface area contributed by atoms with Gasteiger partial charge in [-0.3, -0.25) is 23.9 Å². The average molecular weight is 412 g/mol. The molecule has 0 amide bonds. The van der Waals surface area contributed by atoms with Crippen molar-refractivity contribution < 1.29 is 9.85 Å². The molecule has 1 aromatic rings. The molecule has 0 aliphatic heterocycles. The Bertz CT molecular complexity index is 657. The van der Waals surface area contributed by atoms with Crippen molar-refractivity contribution in [2.45, 2.75) is 74.7 Å². The highest BCUT2D eigenvalue weighted by atomic mass is 32.2. The molecule has 9 heteroatoms. The van der Waals surface area contributed by atoms with Crippen LogP contribution in [0.1, 0.15) is 64.2 Å². The molecule has 0 spiro atoms. The van der Waals surface area contributed by atoms with E-state index in [0.717, 1.165) is 31.7 Å². The molecule has 0 radical (unpaired) electrons. The Hall–Kier alpha value is -1.48. The number of nitro groups is 2. The van der Waals surface area contributed by atoms with Crippen LogP contribution in [0.25, 0.3) is 0 Å². The summed E-state index contributed by atoms with van der Waals surface area (Å²) in [6.07, 6.45) is 11.8. The molecule has 2 aliphatic rings. The lowest BCUT2D eigenvalue weighted by Crippen LogP contribution is -2.21. The van der Waals surface area contributed by atoms with Gasteiger partial charge in [-0.2, -0.15) is 0 Å². The molecule has 7 nitrogen and oxygen atoms in total. The first-order valence-corrected chi connectivity index (χ1v) is 11.3. The van der Waals surface area contributed by atoms with Gasteiger partial charge in [0.25, 0.3) is 5.69 Å². The van der Waals surface area contributed by atoms with Crippen molar-refractivity contribution in [2.24, 2.45) is 0 Å². The molecule has 0 unspecified atom stereocenters. The van der Waals surface area contributed by atoms with E-state index >= 15 is 0 Å². The van der Waals surface area contributed by atoms with Gasteiger partial charge in [0.15, 0.2) is 0 Å². The van der Waals surface area contributed by atoms with Crippen molar-refractivity contribution in [3.05, 3.63) is 38.4 Å². The average Bonchev–Trinajstić information content (AvgIpc) is 2.68. The van der Waals surface area contributed by atoms with Crippen LogP contribution in [-0.4, -0.2) is 20.3 Å². The van der Waals surface area contributed by atoms with Crippen LogP contribution in [0, 0.1) is 20.2 Å². The Balaban J connectivity index is 1.87. The van der Waals surface area contributed by atoms with Crippen LogP contribution in [0.2, 0.25) is 0 Å². The monoisotopic (exact) mass is 411 g/mol. The van der Waals surface area contributed by atoms with Gasteiger partial charge in [0.1, 0.15) is 5.69 Å². The van der Waals surface area contributed by atoms with E-state index in [2.05, 4.69) is 0 Å². The van der Waals surface area contributed by atoms with Crippen LogP contribution >= 0.6 is 23.9 Å². The number of rotatable bonds is 7. The van der Waals surface area contributed by atoms with Gasteiger partial charge in [-0.25, -0.2) is 0 Å². The zero-order valence-corrected chi connectivity index (χ0v) is 16.9. The topological polar surface area (TPSA) is 89.5 Å². The second-order valence-corrected chi connectivity index (χ2v) is 9.89. The molecule has 0 bridgehead atoms. The third-order valence-corrected chi connectivity index (χ3v) is 7.99. The molecular weight excluding hydrogens is 386 g/mol. The number of benzene rings is 1. The molecule has 1 aromatic carbocycles. The molecule has 2 fully saturated rings. The van der Waals surface area contributed by atoms with Crippen molar-refractivity contribution in [1.29, 1.82) is 0 Å². The molecule has 0 N–H and O–H groups in total. The summed E-state index contributed by atoms with van der Waals surface area (Å²) in [7, 11) is 0. The first kappa shape index (κ1) is 20.3. The minimum atomic E-state index is -0.580. The van der Waals surface area contributed by atoms with Crippen molar-refractivity contribution in [1.82, 2.24) is 0 Å². The summed E-state index contributed by atoms with van der Waals surface area (Å²) in [5, 5.41) is 23.6. The van der Waals surface area contributed by atoms with E-state index in [0.29, 0.717) is 16.2 Å². The minimum absolute atomic E-state index is 0.184. The standard InChI is InChI=1S/C18H25N3O4S2/c22-19(23)14-11-12-17(18(13-14)20(24)25)21(26-15-7-3-1-4-8-15)27-16-9-5-2-6-10-16/h11-13,15-16H,1-10H2. The lowest BCUT2D eigenvalue weighted by atomic mass is 10.0. The maximum Gasteiger partial charge on any atom is 0.301 e. The maximum atomic E-state index is 11.6. The predicted molar refractivity (Wildman–Crippen MR) is 111 cm³/mol. The Morgan fingerprint density at radius 3 is 1.78 bits per heavy atom. The van der Waals surface area contributed by atoms with Crippen LogP contribution in [0.5, 0.6) is 0 Å². The lowest BCUT2D eigenvalue weighted by molar-refractivity contribution is -0.393. The zero-order valence-electron chi connectivity index (χ0n) is 15.2. The minimum Gasteiger partial charge on any atom is -0.258 e. The van der Waals surface area contributed by atoms with Crippen LogP contribution in [-0.2, 0) is 0 Å². The van der Waals surface area contributed by atoms with Crippen molar-refractivity contribution in [2.75, 3.05) is 3.71 Å². The number of anilines is 1. The molecule has 27 heavy (non-hydrogen) atoms. The first-order valence-electron chi connectivity index (χ1n) is 9.61. The van der Waals surface area contributed by atoms with Gasteiger partial charge >= 0.3 is 5.69 Å². The molecule has 2 saturated carbocycles. The summed E-state index contributed by atoms with van der Waals surface area (Å²) in [6.45, 7) is 0. The predicted octanol–water partition coefficient (Wildman–Crippen LogP) is 6.27. The lowest BCUT2D eigenvalue weighted by Gasteiger charge is -2.32.